The van der Waals surface area contributed by atoms with Gasteiger partial charge in [0.2, 0.25) is 5.91 Å². The minimum atomic E-state index is -0.220. The third-order valence-corrected chi connectivity index (χ3v) is 6.04. The van der Waals surface area contributed by atoms with Gasteiger partial charge in [0.25, 0.3) is 0 Å². The first-order chi connectivity index (χ1) is 12.6. The van der Waals surface area contributed by atoms with E-state index in [-0.39, 0.29) is 17.7 Å². The summed E-state index contributed by atoms with van der Waals surface area (Å²) in [7, 11) is 0. The smallest absolute Gasteiger partial charge is 0.225 e. The molecule has 2 N–H and O–H groups in total. The predicted octanol–water partition coefficient (Wildman–Crippen LogP) is 4.48. The second kappa shape index (κ2) is 8.68. The minimum Gasteiger partial charge on any atom is -0.369 e. The molecule has 2 aromatic carbocycles. The van der Waals surface area contributed by atoms with Crippen LogP contribution in [0.1, 0.15) is 56.6 Å². The first-order valence-electron chi connectivity index (χ1n) is 10.1. The van der Waals surface area contributed by atoms with Gasteiger partial charge in [0.1, 0.15) is 0 Å². The molecule has 0 aliphatic carbocycles. The lowest BCUT2D eigenvalue weighted by Gasteiger charge is -2.28. The van der Waals surface area contributed by atoms with Gasteiger partial charge in [-0.15, -0.1) is 0 Å². The highest BCUT2D eigenvalue weighted by molar-refractivity contribution is 5.93. The second-order valence-electron chi connectivity index (χ2n) is 7.78. The van der Waals surface area contributed by atoms with Crippen LogP contribution in [0.15, 0.2) is 36.4 Å². The summed E-state index contributed by atoms with van der Waals surface area (Å²) in [5.41, 5.74) is 8.35. The van der Waals surface area contributed by atoms with E-state index < -0.39 is 0 Å². The molecule has 1 amide bonds. The Bertz CT molecular complexity index is 749. The normalized spacial score (nSPS) is 17.9. The molecule has 0 saturated carbocycles. The molecule has 26 heavy (non-hydrogen) atoms. The molecule has 3 nitrogen and oxygen atoms in total. The van der Waals surface area contributed by atoms with Gasteiger partial charge >= 0.3 is 0 Å². The number of piperidine rings is 1. The third kappa shape index (κ3) is 4.09. The molecule has 0 aromatic heterocycles. The first-order valence-corrected chi connectivity index (χ1v) is 10.1. The SMILES string of the molecule is CCC(C)C(C(N)=O)c1c(CCN2CCCCC2)ccc2ccccc12. The van der Waals surface area contributed by atoms with Crippen LogP contribution < -0.4 is 5.73 Å². The highest BCUT2D eigenvalue weighted by Crippen LogP contribution is 2.35. The van der Waals surface area contributed by atoms with Gasteiger partial charge in [-0.05, 0) is 60.2 Å². The average Bonchev–Trinajstić information content (AvgIpc) is 2.67. The van der Waals surface area contributed by atoms with Crippen molar-refractivity contribution in [2.45, 2.75) is 51.9 Å². The Balaban J connectivity index is 1.99. The Morgan fingerprint density at radius 2 is 1.85 bits per heavy atom. The van der Waals surface area contributed by atoms with Crippen LogP contribution in [0.4, 0.5) is 0 Å². The number of carbonyl (C=O) groups excluding carboxylic acids is 1. The number of fused-ring (bicyclic) bond motifs is 1. The van der Waals surface area contributed by atoms with E-state index in [0.717, 1.165) is 19.4 Å². The molecule has 1 saturated heterocycles. The number of carbonyl (C=O) groups is 1. The molecule has 1 aliphatic rings. The van der Waals surface area contributed by atoms with Crippen molar-refractivity contribution in [1.29, 1.82) is 0 Å². The fraction of sp³-hybridized carbons (Fsp3) is 0.522. The van der Waals surface area contributed by atoms with Crippen molar-refractivity contribution in [2.75, 3.05) is 19.6 Å². The van der Waals surface area contributed by atoms with E-state index in [1.165, 1.54) is 54.3 Å². The monoisotopic (exact) mass is 352 g/mol. The van der Waals surface area contributed by atoms with Crippen molar-refractivity contribution in [3.05, 3.63) is 47.5 Å². The van der Waals surface area contributed by atoms with E-state index in [9.17, 15) is 4.79 Å². The number of amides is 1. The van der Waals surface area contributed by atoms with Crippen molar-refractivity contribution < 1.29 is 4.79 Å². The molecule has 3 heteroatoms. The largest absolute Gasteiger partial charge is 0.369 e. The summed E-state index contributed by atoms with van der Waals surface area (Å²) in [4.78, 5) is 15.0. The van der Waals surface area contributed by atoms with Gasteiger partial charge in [-0.25, -0.2) is 0 Å². The summed E-state index contributed by atoms with van der Waals surface area (Å²) in [5.74, 6) is -0.176. The second-order valence-corrected chi connectivity index (χ2v) is 7.78. The summed E-state index contributed by atoms with van der Waals surface area (Å²) in [5, 5.41) is 2.38. The van der Waals surface area contributed by atoms with E-state index in [4.69, 9.17) is 5.73 Å². The highest BCUT2D eigenvalue weighted by atomic mass is 16.1. The maximum atomic E-state index is 12.4. The van der Waals surface area contributed by atoms with Gasteiger partial charge in [-0.3, -0.25) is 4.79 Å². The van der Waals surface area contributed by atoms with Crippen LogP contribution in [0.25, 0.3) is 10.8 Å². The minimum absolute atomic E-state index is 0.199. The number of likely N-dealkylation sites (tertiary alicyclic amines) is 1. The molecule has 2 aromatic rings. The van der Waals surface area contributed by atoms with Crippen molar-refractivity contribution >= 4 is 16.7 Å². The topological polar surface area (TPSA) is 46.3 Å². The molecule has 2 unspecified atom stereocenters. The summed E-state index contributed by atoms with van der Waals surface area (Å²) in [6.45, 7) is 7.75. The van der Waals surface area contributed by atoms with E-state index in [2.05, 4.69) is 55.1 Å². The third-order valence-electron chi connectivity index (χ3n) is 6.04. The van der Waals surface area contributed by atoms with Crippen LogP contribution in [0.2, 0.25) is 0 Å². The Kier molecular flexibility index (Phi) is 6.31. The van der Waals surface area contributed by atoms with Gasteiger partial charge in [0, 0.05) is 6.54 Å². The lowest BCUT2D eigenvalue weighted by molar-refractivity contribution is -0.120. The Morgan fingerprint density at radius 3 is 2.54 bits per heavy atom. The maximum absolute atomic E-state index is 12.4. The van der Waals surface area contributed by atoms with Gasteiger partial charge in [0.15, 0.2) is 0 Å². The molecule has 0 radical (unpaired) electrons. The van der Waals surface area contributed by atoms with Crippen molar-refractivity contribution in [2.24, 2.45) is 11.7 Å². The number of rotatable bonds is 7. The lowest BCUT2D eigenvalue weighted by atomic mass is 9.79. The molecule has 1 aliphatic heterocycles. The lowest BCUT2D eigenvalue weighted by Crippen LogP contribution is -2.32. The van der Waals surface area contributed by atoms with E-state index in [1.54, 1.807) is 0 Å². The van der Waals surface area contributed by atoms with Crippen LogP contribution in [0.5, 0.6) is 0 Å². The van der Waals surface area contributed by atoms with Crippen LogP contribution in [0.3, 0.4) is 0 Å². The number of nitrogens with zero attached hydrogens (tertiary/aromatic N) is 1. The molecular weight excluding hydrogens is 320 g/mol. The van der Waals surface area contributed by atoms with E-state index >= 15 is 0 Å². The Morgan fingerprint density at radius 1 is 1.12 bits per heavy atom. The number of nitrogens with two attached hydrogens (primary N) is 1. The van der Waals surface area contributed by atoms with Crippen LogP contribution >= 0.6 is 0 Å². The van der Waals surface area contributed by atoms with E-state index in [0.29, 0.717) is 0 Å². The van der Waals surface area contributed by atoms with Gasteiger partial charge in [-0.2, -0.15) is 0 Å². The highest BCUT2D eigenvalue weighted by Gasteiger charge is 2.28. The molecular formula is C23H32N2O. The number of primary amides is 1. The summed E-state index contributed by atoms with van der Waals surface area (Å²) < 4.78 is 0. The van der Waals surface area contributed by atoms with Crippen molar-refractivity contribution in [1.82, 2.24) is 4.90 Å². The van der Waals surface area contributed by atoms with Gasteiger partial charge < -0.3 is 10.6 Å². The van der Waals surface area contributed by atoms with Crippen molar-refractivity contribution in [3.8, 4) is 0 Å². The molecule has 3 rings (SSSR count). The zero-order valence-corrected chi connectivity index (χ0v) is 16.2. The number of hydrogen-bond acceptors (Lipinski definition) is 2. The quantitative estimate of drug-likeness (QED) is 0.798. The summed E-state index contributed by atoms with van der Waals surface area (Å²) in [6, 6.07) is 12.8. The average molecular weight is 353 g/mol. The molecule has 1 fully saturated rings. The summed E-state index contributed by atoms with van der Waals surface area (Å²) in [6.07, 6.45) is 5.90. The predicted molar refractivity (Wildman–Crippen MR) is 109 cm³/mol. The zero-order chi connectivity index (χ0) is 18.5. The molecule has 0 bridgehead atoms. The van der Waals surface area contributed by atoms with Crippen LogP contribution in [-0.4, -0.2) is 30.4 Å². The number of benzene rings is 2. The van der Waals surface area contributed by atoms with Crippen molar-refractivity contribution in [3.63, 3.8) is 0 Å². The first kappa shape index (κ1) is 18.9. The Labute approximate surface area is 157 Å². The van der Waals surface area contributed by atoms with E-state index in [1.807, 2.05) is 0 Å². The zero-order valence-electron chi connectivity index (χ0n) is 16.2. The Hall–Kier alpha value is -1.87. The number of hydrogen-bond donors (Lipinski definition) is 1. The fourth-order valence-corrected chi connectivity index (χ4v) is 4.33. The molecule has 1 heterocycles. The van der Waals surface area contributed by atoms with Gasteiger partial charge in [0.05, 0.1) is 5.92 Å². The maximum Gasteiger partial charge on any atom is 0.225 e. The van der Waals surface area contributed by atoms with Crippen LogP contribution in [-0.2, 0) is 11.2 Å². The van der Waals surface area contributed by atoms with Gasteiger partial charge in [-0.1, -0.05) is 63.1 Å². The summed E-state index contributed by atoms with van der Waals surface area (Å²) >= 11 is 0. The van der Waals surface area contributed by atoms with Crippen LogP contribution in [0, 0.1) is 5.92 Å². The standard InChI is InChI=1S/C23H32N2O/c1-3-17(2)21(23(24)26)22-19(13-16-25-14-7-4-8-15-25)12-11-18-9-5-6-10-20(18)22/h5-6,9-12,17,21H,3-4,7-8,13-16H2,1-2H3,(H2,24,26). The molecule has 0 spiro atoms. The molecule has 2 atom stereocenters. The molecule has 140 valence electrons. The fourth-order valence-electron chi connectivity index (χ4n) is 4.33.